The van der Waals surface area contributed by atoms with E-state index in [2.05, 4.69) is 26.0 Å². The molecule has 0 aliphatic heterocycles. The van der Waals surface area contributed by atoms with Crippen LogP contribution in [0.5, 0.6) is 0 Å². The minimum Gasteiger partial charge on any atom is -0.457 e. The molecule has 13 heteroatoms. The van der Waals surface area contributed by atoms with Crippen LogP contribution in [-0.2, 0) is 27.9 Å². The zero-order valence-corrected chi connectivity index (χ0v) is 38.2. The van der Waals surface area contributed by atoms with Crippen LogP contribution in [0.4, 0.5) is 0 Å². The lowest BCUT2D eigenvalue weighted by molar-refractivity contribution is -0.220. The van der Waals surface area contributed by atoms with Crippen LogP contribution in [0.15, 0.2) is 12.2 Å². The Hall–Kier alpha value is -0.920. The Morgan fingerprint density at radius 3 is 1.41 bits per heavy atom. The summed E-state index contributed by atoms with van der Waals surface area (Å²) in [6, 6.07) is 0. The summed E-state index contributed by atoms with van der Waals surface area (Å²) in [5.74, 6) is -0.485. The number of unbranched alkanes of at least 4 members (excludes halogenated alkanes) is 27. The van der Waals surface area contributed by atoms with Gasteiger partial charge in [0.05, 0.1) is 13.2 Å². The second-order valence-electron chi connectivity index (χ2n) is 17.0. The third kappa shape index (κ3) is 29.9. The predicted molar refractivity (Wildman–Crippen MR) is 235 cm³/mol. The highest BCUT2D eigenvalue weighted by Gasteiger charge is 2.51. The lowest BCUT2D eigenvalue weighted by Gasteiger charge is -2.41. The van der Waals surface area contributed by atoms with E-state index >= 15 is 0 Å². The lowest BCUT2D eigenvalue weighted by Crippen LogP contribution is -2.64. The summed E-state index contributed by atoms with van der Waals surface area (Å²) >= 11 is 0. The molecule has 1 fully saturated rings. The van der Waals surface area contributed by atoms with Gasteiger partial charge in [0, 0.05) is 13.0 Å². The van der Waals surface area contributed by atoms with Crippen LogP contribution < -0.4 is 0 Å². The molecular weight excluding hydrogens is 775 g/mol. The number of hydrogen-bond donors (Lipinski definition) is 6. The summed E-state index contributed by atoms with van der Waals surface area (Å²) in [7, 11) is -5.01. The number of rotatable bonds is 41. The number of esters is 1. The van der Waals surface area contributed by atoms with E-state index in [1.54, 1.807) is 0 Å². The number of aliphatic hydroxyl groups excluding tert-OH is 5. The number of allylic oxidation sites excluding steroid dienone is 2. The molecule has 1 aliphatic carbocycles. The molecule has 59 heavy (non-hydrogen) atoms. The van der Waals surface area contributed by atoms with Crippen LogP contribution in [0.3, 0.4) is 0 Å². The largest absolute Gasteiger partial charge is 0.472 e. The summed E-state index contributed by atoms with van der Waals surface area (Å²) < 4.78 is 34.1. The molecule has 1 saturated carbocycles. The number of hydrogen-bond acceptors (Lipinski definition) is 11. The minimum absolute atomic E-state index is 0.0746. The Bertz CT molecular complexity index is 1030. The quantitative estimate of drug-likeness (QED) is 0.0148. The number of aliphatic hydroxyl groups is 5. The fraction of sp³-hybridized carbons (Fsp3) is 0.935. The van der Waals surface area contributed by atoms with Crippen molar-refractivity contribution < 1.29 is 58.3 Å². The van der Waals surface area contributed by atoms with Gasteiger partial charge >= 0.3 is 13.8 Å². The van der Waals surface area contributed by atoms with Crippen molar-refractivity contribution in [3.63, 3.8) is 0 Å². The van der Waals surface area contributed by atoms with Gasteiger partial charge in [-0.25, -0.2) is 4.57 Å². The van der Waals surface area contributed by atoms with E-state index in [1.165, 1.54) is 122 Å². The normalized spacial score (nSPS) is 22.5. The van der Waals surface area contributed by atoms with Crippen LogP contribution in [0.1, 0.15) is 213 Å². The molecule has 6 N–H and O–H groups in total. The van der Waals surface area contributed by atoms with Crippen molar-refractivity contribution in [2.75, 3.05) is 19.8 Å². The van der Waals surface area contributed by atoms with Crippen LogP contribution in [0.25, 0.3) is 0 Å². The van der Waals surface area contributed by atoms with Crippen molar-refractivity contribution in [1.82, 2.24) is 0 Å². The summed E-state index contributed by atoms with van der Waals surface area (Å²) in [4.78, 5) is 23.1. The van der Waals surface area contributed by atoms with Crippen molar-refractivity contribution >= 4 is 13.8 Å². The maximum Gasteiger partial charge on any atom is 0.472 e. The van der Waals surface area contributed by atoms with Gasteiger partial charge in [0.25, 0.3) is 0 Å². The first-order valence-electron chi connectivity index (χ1n) is 24.0. The molecule has 0 aromatic carbocycles. The molecule has 12 nitrogen and oxygen atoms in total. The van der Waals surface area contributed by atoms with E-state index in [1.807, 2.05) is 0 Å². The second-order valence-corrected chi connectivity index (χ2v) is 18.4. The first kappa shape index (κ1) is 56.1. The molecular formula is C46H89O12P. The standard InChI is InChI=1S/C46H89O12P/c1-3-5-7-9-11-13-15-16-17-18-19-20-21-22-23-24-25-26-28-30-32-34-36-55-37-39(57-40(47)35-33-31-29-27-14-12-10-8-6-4-2)38-56-59(53,54)58-46-44(51)42(49)41(48)43(50)45(46)52/h8,10,39,41-46,48-52H,3-7,9,11-38H2,1-2H3,(H,53,54)/b10-8-. The fourth-order valence-corrected chi connectivity index (χ4v) is 8.51. The second kappa shape index (κ2) is 37.6. The molecule has 0 bridgehead atoms. The molecule has 350 valence electrons. The van der Waals surface area contributed by atoms with E-state index in [9.17, 15) is 39.8 Å². The van der Waals surface area contributed by atoms with E-state index in [-0.39, 0.29) is 13.0 Å². The highest BCUT2D eigenvalue weighted by atomic mass is 31.2. The van der Waals surface area contributed by atoms with Gasteiger partial charge in [-0.2, -0.15) is 0 Å². The maximum atomic E-state index is 12.8. The molecule has 0 amide bonds. The van der Waals surface area contributed by atoms with Gasteiger partial charge in [-0.1, -0.05) is 187 Å². The summed E-state index contributed by atoms with van der Waals surface area (Å²) in [6.07, 6.45) is 28.8. The van der Waals surface area contributed by atoms with Gasteiger partial charge in [0.1, 0.15) is 42.7 Å². The molecule has 1 aliphatic rings. The zero-order chi connectivity index (χ0) is 43.4. The number of phosphoric acid groups is 1. The van der Waals surface area contributed by atoms with Crippen molar-refractivity contribution in [1.29, 1.82) is 0 Å². The molecule has 1 rings (SSSR count). The molecule has 6 unspecified atom stereocenters. The monoisotopic (exact) mass is 865 g/mol. The van der Waals surface area contributed by atoms with Crippen molar-refractivity contribution in [3.05, 3.63) is 12.2 Å². The summed E-state index contributed by atoms with van der Waals surface area (Å²) in [5, 5.41) is 50.1. The Morgan fingerprint density at radius 1 is 0.525 bits per heavy atom. The number of carbonyl (C=O) groups excluding carboxylic acids is 1. The number of carbonyl (C=O) groups is 1. The SMILES string of the molecule is CCC/C=C\CCCCCCCC(=O)OC(COCCCCCCCCCCCCCCCCCCCCCCCC)COP(=O)(O)OC1C(O)C(O)C(O)C(O)C1O. The zero-order valence-electron chi connectivity index (χ0n) is 37.3. The summed E-state index contributed by atoms with van der Waals surface area (Å²) in [6.45, 7) is 4.21. The minimum atomic E-state index is -5.01. The van der Waals surface area contributed by atoms with E-state index in [4.69, 9.17) is 18.5 Å². The summed E-state index contributed by atoms with van der Waals surface area (Å²) in [5.41, 5.74) is 0. The fourth-order valence-electron chi connectivity index (χ4n) is 7.54. The molecule has 0 aromatic rings. The smallest absolute Gasteiger partial charge is 0.457 e. The number of phosphoric ester groups is 1. The van der Waals surface area contributed by atoms with E-state index in [0.29, 0.717) is 13.0 Å². The van der Waals surface area contributed by atoms with Crippen LogP contribution >= 0.6 is 7.82 Å². The first-order valence-corrected chi connectivity index (χ1v) is 25.5. The average Bonchev–Trinajstić information content (AvgIpc) is 3.22. The van der Waals surface area contributed by atoms with Crippen molar-refractivity contribution in [2.24, 2.45) is 0 Å². The Morgan fingerprint density at radius 2 is 0.932 bits per heavy atom. The van der Waals surface area contributed by atoms with Crippen molar-refractivity contribution in [2.45, 2.75) is 256 Å². The Labute approximate surface area is 358 Å². The predicted octanol–water partition coefficient (Wildman–Crippen LogP) is 9.92. The maximum absolute atomic E-state index is 12.8. The first-order chi connectivity index (χ1) is 28.5. The van der Waals surface area contributed by atoms with Crippen LogP contribution in [-0.4, -0.2) is 98.9 Å². The highest BCUT2D eigenvalue weighted by Crippen LogP contribution is 2.47. The molecule has 0 saturated heterocycles. The third-order valence-electron chi connectivity index (χ3n) is 11.4. The lowest BCUT2D eigenvalue weighted by atomic mass is 9.85. The van der Waals surface area contributed by atoms with Gasteiger partial charge in [-0.15, -0.1) is 0 Å². The van der Waals surface area contributed by atoms with Gasteiger partial charge in [0.15, 0.2) is 0 Å². The average molecular weight is 865 g/mol. The Kier molecular flexibility index (Phi) is 35.8. The number of ether oxygens (including phenoxy) is 2. The van der Waals surface area contributed by atoms with E-state index in [0.717, 1.165) is 64.2 Å². The highest BCUT2D eigenvalue weighted by molar-refractivity contribution is 7.47. The van der Waals surface area contributed by atoms with E-state index < -0.39 is 63.1 Å². The molecule has 0 spiro atoms. The Balaban J connectivity index is 2.28. The molecule has 6 atom stereocenters. The molecule has 0 aromatic heterocycles. The van der Waals surface area contributed by atoms with Crippen molar-refractivity contribution in [3.8, 4) is 0 Å². The molecule has 0 radical (unpaired) electrons. The third-order valence-corrected chi connectivity index (χ3v) is 12.4. The van der Waals surface area contributed by atoms with Crippen LogP contribution in [0.2, 0.25) is 0 Å². The topological polar surface area (TPSA) is 192 Å². The van der Waals surface area contributed by atoms with Gasteiger partial charge in [0.2, 0.25) is 0 Å². The van der Waals surface area contributed by atoms with Gasteiger partial charge < -0.3 is 39.9 Å². The van der Waals surface area contributed by atoms with Gasteiger partial charge in [-0.05, 0) is 32.1 Å². The molecule has 0 heterocycles. The van der Waals surface area contributed by atoms with Crippen LogP contribution in [0, 0.1) is 0 Å². The van der Waals surface area contributed by atoms with Gasteiger partial charge in [-0.3, -0.25) is 13.8 Å².